The van der Waals surface area contributed by atoms with Crippen LogP contribution in [0.2, 0.25) is 0 Å². The molecule has 0 saturated heterocycles. The summed E-state index contributed by atoms with van der Waals surface area (Å²) in [6.07, 6.45) is 0. The molecule has 0 aliphatic carbocycles. The molecule has 2 nitrogen and oxygen atoms in total. The van der Waals surface area contributed by atoms with Gasteiger partial charge in [-0.15, -0.1) is 23.4 Å². The molecular weight excluding hydrogens is 304 g/mol. The topological polar surface area (TPSA) is 26.3 Å². The molecule has 0 amide bonds. The Balaban J connectivity index is 1.88. The molecule has 0 radical (unpaired) electrons. The summed E-state index contributed by atoms with van der Waals surface area (Å²) < 4.78 is 5.13. The minimum absolute atomic E-state index is 0.118. The fourth-order valence-electron chi connectivity index (χ4n) is 1.94. The van der Waals surface area contributed by atoms with Gasteiger partial charge in [-0.1, -0.05) is 36.4 Å². The van der Waals surface area contributed by atoms with Crippen LogP contribution in [0.1, 0.15) is 21.5 Å². The van der Waals surface area contributed by atoms with E-state index < -0.39 is 0 Å². The number of rotatable bonds is 7. The predicted octanol–water partition coefficient (Wildman–Crippen LogP) is 4.55. The van der Waals surface area contributed by atoms with Crippen molar-refractivity contribution in [2.45, 2.75) is 11.6 Å². The minimum Gasteiger partial charge on any atom is -0.497 e. The van der Waals surface area contributed by atoms with Crippen LogP contribution in [0.3, 0.4) is 0 Å². The number of benzene rings is 2. The number of alkyl halides is 1. The molecule has 2 aromatic rings. The first-order chi connectivity index (χ1) is 10.2. The predicted molar refractivity (Wildman–Crippen MR) is 89.5 cm³/mol. The fourth-order valence-corrected chi connectivity index (χ4v) is 2.98. The largest absolute Gasteiger partial charge is 0.497 e. The number of ketones is 1. The van der Waals surface area contributed by atoms with Crippen LogP contribution in [-0.4, -0.2) is 18.6 Å². The molecular formula is C17H17ClO2S. The minimum atomic E-state index is 0.118. The Kier molecular flexibility index (Phi) is 6.15. The number of carbonyl (C=O) groups is 1. The van der Waals surface area contributed by atoms with E-state index in [1.165, 1.54) is 5.56 Å². The zero-order valence-electron chi connectivity index (χ0n) is 11.8. The monoisotopic (exact) mass is 320 g/mol. The number of Topliss-reactive ketones (excluding diaryl/α,β-unsaturated/α-hetero) is 1. The summed E-state index contributed by atoms with van der Waals surface area (Å²) in [5.74, 6) is 2.60. The van der Waals surface area contributed by atoms with Crippen LogP contribution >= 0.6 is 23.4 Å². The van der Waals surface area contributed by atoms with Gasteiger partial charge in [0.2, 0.25) is 0 Å². The summed E-state index contributed by atoms with van der Waals surface area (Å²) >= 11 is 7.43. The van der Waals surface area contributed by atoms with E-state index in [9.17, 15) is 4.79 Å². The van der Waals surface area contributed by atoms with Crippen molar-refractivity contribution in [1.82, 2.24) is 0 Å². The highest BCUT2D eigenvalue weighted by atomic mass is 35.5. The van der Waals surface area contributed by atoms with E-state index in [0.717, 1.165) is 11.3 Å². The molecule has 0 saturated carbocycles. The SMILES string of the molecule is COc1cccc(C(=O)CSCc2cccc(CCl)c2)c1. The lowest BCUT2D eigenvalue weighted by Gasteiger charge is -2.05. The van der Waals surface area contributed by atoms with E-state index in [4.69, 9.17) is 16.3 Å². The van der Waals surface area contributed by atoms with Crippen molar-refractivity contribution in [1.29, 1.82) is 0 Å². The van der Waals surface area contributed by atoms with E-state index in [2.05, 4.69) is 12.1 Å². The van der Waals surface area contributed by atoms with Gasteiger partial charge in [0, 0.05) is 17.2 Å². The number of ether oxygens (including phenoxy) is 1. The van der Waals surface area contributed by atoms with Gasteiger partial charge in [-0.25, -0.2) is 0 Å². The molecule has 0 atom stereocenters. The molecule has 0 unspecified atom stereocenters. The number of hydrogen-bond donors (Lipinski definition) is 0. The van der Waals surface area contributed by atoms with Gasteiger partial charge in [-0.2, -0.15) is 0 Å². The maximum Gasteiger partial charge on any atom is 0.172 e. The molecule has 4 heteroatoms. The third-order valence-electron chi connectivity index (χ3n) is 3.04. The fraction of sp³-hybridized carbons (Fsp3) is 0.235. The third kappa shape index (κ3) is 4.80. The zero-order valence-corrected chi connectivity index (χ0v) is 13.4. The van der Waals surface area contributed by atoms with Crippen molar-refractivity contribution >= 4 is 29.1 Å². The molecule has 0 N–H and O–H groups in total. The molecule has 0 aliphatic heterocycles. The van der Waals surface area contributed by atoms with Crippen LogP contribution in [-0.2, 0) is 11.6 Å². The van der Waals surface area contributed by atoms with Crippen LogP contribution in [0.25, 0.3) is 0 Å². The summed E-state index contributed by atoms with van der Waals surface area (Å²) in [6.45, 7) is 0. The second-order valence-corrected chi connectivity index (χ2v) is 5.85. The number of methoxy groups -OCH3 is 1. The average molecular weight is 321 g/mol. The van der Waals surface area contributed by atoms with Gasteiger partial charge < -0.3 is 4.74 Å². The van der Waals surface area contributed by atoms with Gasteiger partial charge >= 0.3 is 0 Å². The maximum absolute atomic E-state index is 12.1. The lowest BCUT2D eigenvalue weighted by molar-refractivity contribution is 0.102. The smallest absolute Gasteiger partial charge is 0.172 e. The average Bonchev–Trinajstić information content (AvgIpc) is 2.55. The normalized spacial score (nSPS) is 10.4. The number of halogens is 1. The molecule has 0 aliphatic rings. The number of thioether (sulfide) groups is 1. The van der Waals surface area contributed by atoms with E-state index >= 15 is 0 Å². The Bertz CT molecular complexity index is 613. The van der Waals surface area contributed by atoms with Gasteiger partial charge in [-0.05, 0) is 23.3 Å². The second-order valence-electron chi connectivity index (χ2n) is 4.60. The Labute approximate surface area is 134 Å². The number of hydrogen-bond acceptors (Lipinski definition) is 3. The molecule has 0 heterocycles. The Morgan fingerprint density at radius 2 is 1.90 bits per heavy atom. The van der Waals surface area contributed by atoms with Crippen molar-refractivity contribution in [3.05, 3.63) is 65.2 Å². The highest BCUT2D eigenvalue weighted by Crippen LogP contribution is 2.18. The first-order valence-corrected chi connectivity index (χ1v) is 8.30. The molecule has 0 aromatic heterocycles. The van der Waals surface area contributed by atoms with Gasteiger partial charge in [0.15, 0.2) is 5.78 Å². The van der Waals surface area contributed by atoms with Gasteiger partial charge in [-0.3, -0.25) is 4.79 Å². The van der Waals surface area contributed by atoms with E-state index in [0.29, 0.717) is 22.9 Å². The molecule has 0 spiro atoms. The van der Waals surface area contributed by atoms with Gasteiger partial charge in [0.1, 0.15) is 5.75 Å². The van der Waals surface area contributed by atoms with Crippen molar-refractivity contribution in [2.24, 2.45) is 0 Å². The first kappa shape index (κ1) is 15.9. The van der Waals surface area contributed by atoms with Crippen molar-refractivity contribution in [2.75, 3.05) is 12.9 Å². The zero-order chi connectivity index (χ0) is 15.1. The summed E-state index contributed by atoms with van der Waals surface area (Å²) in [4.78, 5) is 12.1. The van der Waals surface area contributed by atoms with Crippen molar-refractivity contribution in [3.8, 4) is 5.75 Å². The molecule has 110 valence electrons. The van der Waals surface area contributed by atoms with Crippen molar-refractivity contribution < 1.29 is 9.53 Å². The van der Waals surface area contributed by atoms with E-state index in [-0.39, 0.29) is 5.78 Å². The van der Waals surface area contributed by atoms with Crippen LogP contribution in [0, 0.1) is 0 Å². The summed E-state index contributed by atoms with van der Waals surface area (Å²) in [6, 6.07) is 15.4. The lowest BCUT2D eigenvalue weighted by Crippen LogP contribution is -2.03. The first-order valence-electron chi connectivity index (χ1n) is 6.61. The highest BCUT2D eigenvalue weighted by Gasteiger charge is 2.07. The molecule has 21 heavy (non-hydrogen) atoms. The van der Waals surface area contributed by atoms with Crippen molar-refractivity contribution in [3.63, 3.8) is 0 Å². The highest BCUT2D eigenvalue weighted by molar-refractivity contribution is 7.99. The maximum atomic E-state index is 12.1. The van der Waals surface area contributed by atoms with E-state index in [1.54, 1.807) is 24.9 Å². The van der Waals surface area contributed by atoms with Crippen LogP contribution in [0.4, 0.5) is 0 Å². The second kappa shape index (κ2) is 8.11. The summed E-state index contributed by atoms with van der Waals surface area (Å²) in [5, 5.41) is 0. The molecule has 0 fully saturated rings. The molecule has 0 bridgehead atoms. The van der Waals surface area contributed by atoms with E-state index in [1.807, 2.05) is 30.3 Å². The molecule has 2 rings (SSSR count). The standard InChI is InChI=1S/C17H17ClO2S/c1-20-16-7-3-6-15(9-16)17(19)12-21-11-14-5-2-4-13(8-14)10-18/h2-9H,10-12H2,1H3. The van der Waals surface area contributed by atoms with Gasteiger partial charge in [0.25, 0.3) is 0 Å². The van der Waals surface area contributed by atoms with Gasteiger partial charge in [0.05, 0.1) is 12.9 Å². The third-order valence-corrected chi connectivity index (χ3v) is 4.35. The quantitative estimate of drug-likeness (QED) is 0.553. The molecule has 2 aromatic carbocycles. The summed E-state index contributed by atoms with van der Waals surface area (Å²) in [7, 11) is 1.60. The Morgan fingerprint density at radius 1 is 1.14 bits per heavy atom. The Hall–Kier alpha value is -1.45. The van der Waals surface area contributed by atoms with Crippen LogP contribution in [0.5, 0.6) is 5.75 Å². The summed E-state index contributed by atoms with van der Waals surface area (Å²) in [5.41, 5.74) is 2.99. The number of carbonyl (C=O) groups excluding carboxylic acids is 1. The Morgan fingerprint density at radius 3 is 2.67 bits per heavy atom. The lowest BCUT2D eigenvalue weighted by atomic mass is 10.1. The van der Waals surface area contributed by atoms with Crippen LogP contribution < -0.4 is 4.74 Å². The van der Waals surface area contributed by atoms with Crippen LogP contribution in [0.15, 0.2) is 48.5 Å².